The van der Waals surface area contributed by atoms with Gasteiger partial charge in [0.2, 0.25) is 0 Å². The lowest BCUT2D eigenvalue weighted by atomic mass is 9.79. The molecule has 90 valence electrons. The summed E-state index contributed by atoms with van der Waals surface area (Å²) < 4.78 is 0. The molecule has 0 fully saturated rings. The zero-order chi connectivity index (χ0) is 12.6. The molecule has 17 heavy (non-hydrogen) atoms. The molecule has 1 aliphatic carbocycles. The summed E-state index contributed by atoms with van der Waals surface area (Å²) in [6.07, 6.45) is 1.42. The summed E-state index contributed by atoms with van der Waals surface area (Å²) in [5, 5.41) is 8.79. The molecule has 1 aromatic rings. The van der Waals surface area contributed by atoms with Gasteiger partial charge in [-0.15, -0.1) is 0 Å². The Morgan fingerprint density at radius 3 is 2.76 bits per heavy atom. The van der Waals surface area contributed by atoms with Crippen LogP contribution in [0.2, 0.25) is 0 Å². The number of fused-ring (bicyclic) bond motifs is 1. The highest BCUT2D eigenvalue weighted by molar-refractivity contribution is 6.02. The Hall–Kier alpha value is -1.64. The molecule has 1 atom stereocenters. The number of carbonyl (C=O) groups excluding carboxylic acids is 1. The van der Waals surface area contributed by atoms with Gasteiger partial charge in [-0.3, -0.25) is 9.59 Å². The van der Waals surface area contributed by atoms with E-state index in [0.29, 0.717) is 6.42 Å². The summed E-state index contributed by atoms with van der Waals surface area (Å²) in [6.45, 7) is 3.97. The average molecular weight is 232 g/mol. The number of carboxylic acid groups (broad SMARTS) is 1. The van der Waals surface area contributed by atoms with E-state index >= 15 is 0 Å². The molecule has 3 nitrogen and oxygen atoms in total. The fraction of sp³-hybridized carbons (Fsp3) is 0.429. The van der Waals surface area contributed by atoms with Crippen molar-refractivity contribution in [2.45, 2.75) is 33.1 Å². The third kappa shape index (κ3) is 2.23. The van der Waals surface area contributed by atoms with Crippen molar-refractivity contribution >= 4 is 11.8 Å². The second-order valence-corrected chi connectivity index (χ2v) is 4.81. The number of carboxylic acids is 1. The predicted molar refractivity (Wildman–Crippen MR) is 64.3 cm³/mol. The first kappa shape index (κ1) is 11.8. The van der Waals surface area contributed by atoms with Gasteiger partial charge in [-0.05, 0) is 43.9 Å². The Bertz CT molecular complexity index is 488. The minimum Gasteiger partial charge on any atom is -0.481 e. The topological polar surface area (TPSA) is 54.4 Å². The third-order valence-corrected chi connectivity index (χ3v) is 3.42. The first-order valence-corrected chi connectivity index (χ1v) is 5.85. The van der Waals surface area contributed by atoms with E-state index in [1.54, 1.807) is 0 Å². The molecule has 0 saturated carbocycles. The largest absolute Gasteiger partial charge is 0.481 e. The van der Waals surface area contributed by atoms with Crippen molar-refractivity contribution in [3.05, 3.63) is 34.4 Å². The van der Waals surface area contributed by atoms with Crippen molar-refractivity contribution in [1.29, 1.82) is 0 Å². The number of aryl methyl sites for hydroxylation is 2. The number of Topliss-reactive ketones (excluding diaryl/α,β-unsaturated/α-hetero) is 1. The molecule has 1 aliphatic rings. The van der Waals surface area contributed by atoms with Crippen molar-refractivity contribution < 1.29 is 14.7 Å². The lowest BCUT2D eigenvalue weighted by Gasteiger charge is -2.24. The molecule has 0 amide bonds. The Labute approximate surface area is 100 Å². The molecule has 0 aliphatic heterocycles. The Balaban J connectivity index is 2.38. The van der Waals surface area contributed by atoms with Crippen molar-refractivity contribution in [3.63, 3.8) is 0 Å². The maximum Gasteiger partial charge on any atom is 0.304 e. The number of rotatable bonds is 2. The second kappa shape index (κ2) is 4.32. The Morgan fingerprint density at radius 2 is 2.12 bits per heavy atom. The smallest absolute Gasteiger partial charge is 0.304 e. The fourth-order valence-corrected chi connectivity index (χ4v) is 2.62. The molecule has 0 radical (unpaired) electrons. The molecule has 2 rings (SSSR count). The van der Waals surface area contributed by atoms with Gasteiger partial charge < -0.3 is 5.11 Å². The molecular weight excluding hydrogens is 216 g/mol. The van der Waals surface area contributed by atoms with Gasteiger partial charge in [0.25, 0.3) is 0 Å². The summed E-state index contributed by atoms with van der Waals surface area (Å²) in [6, 6.07) is 3.96. The zero-order valence-corrected chi connectivity index (χ0v) is 10.1. The highest BCUT2D eigenvalue weighted by atomic mass is 16.4. The van der Waals surface area contributed by atoms with E-state index in [1.165, 1.54) is 0 Å². The van der Waals surface area contributed by atoms with Gasteiger partial charge in [-0.1, -0.05) is 11.6 Å². The summed E-state index contributed by atoms with van der Waals surface area (Å²) in [5.41, 5.74) is 4.04. The summed E-state index contributed by atoms with van der Waals surface area (Å²) in [4.78, 5) is 22.9. The minimum atomic E-state index is -0.892. The number of benzene rings is 1. The molecule has 0 bridgehead atoms. The maximum atomic E-state index is 12.2. The molecule has 0 spiro atoms. The van der Waals surface area contributed by atoms with Crippen LogP contribution in [0, 0.1) is 19.8 Å². The molecule has 3 heteroatoms. The molecule has 0 aromatic heterocycles. The average Bonchev–Trinajstić information content (AvgIpc) is 2.22. The maximum absolute atomic E-state index is 12.2. The lowest BCUT2D eigenvalue weighted by Crippen LogP contribution is -2.25. The normalized spacial score (nSPS) is 18.9. The fourth-order valence-electron chi connectivity index (χ4n) is 2.62. The van der Waals surface area contributed by atoms with Gasteiger partial charge in [0.15, 0.2) is 5.78 Å². The molecule has 0 heterocycles. The van der Waals surface area contributed by atoms with E-state index in [1.807, 2.05) is 19.9 Å². The van der Waals surface area contributed by atoms with Crippen LogP contribution in [0.1, 0.15) is 39.9 Å². The quantitative estimate of drug-likeness (QED) is 0.852. The SMILES string of the molecule is Cc1cc(C)c2c(c1)C(=O)C(CC(=O)O)CC2. The Morgan fingerprint density at radius 1 is 1.41 bits per heavy atom. The Kier molecular flexibility index (Phi) is 3.01. The first-order chi connectivity index (χ1) is 7.99. The van der Waals surface area contributed by atoms with Crippen LogP contribution >= 0.6 is 0 Å². The number of hydrogen-bond donors (Lipinski definition) is 1. The van der Waals surface area contributed by atoms with Crippen LogP contribution in [0.3, 0.4) is 0 Å². The number of carbonyl (C=O) groups is 2. The van der Waals surface area contributed by atoms with Crippen LogP contribution in [-0.2, 0) is 11.2 Å². The highest BCUT2D eigenvalue weighted by Gasteiger charge is 2.29. The van der Waals surface area contributed by atoms with Crippen molar-refractivity contribution in [2.75, 3.05) is 0 Å². The van der Waals surface area contributed by atoms with Gasteiger partial charge in [-0.25, -0.2) is 0 Å². The van der Waals surface area contributed by atoms with Gasteiger partial charge in [0.1, 0.15) is 0 Å². The van der Waals surface area contributed by atoms with E-state index in [4.69, 9.17) is 5.11 Å². The van der Waals surface area contributed by atoms with E-state index in [2.05, 4.69) is 6.07 Å². The molecular formula is C14H16O3. The zero-order valence-electron chi connectivity index (χ0n) is 10.1. The van der Waals surface area contributed by atoms with E-state index < -0.39 is 5.97 Å². The summed E-state index contributed by atoms with van der Waals surface area (Å²) >= 11 is 0. The van der Waals surface area contributed by atoms with Gasteiger partial charge >= 0.3 is 5.97 Å². The van der Waals surface area contributed by atoms with Gasteiger partial charge in [0, 0.05) is 11.5 Å². The number of ketones is 1. The summed E-state index contributed by atoms with van der Waals surface area (Å²) in [7, 11) is 0. The van der Waals surface area contributed by atoms with Crippen LogP contribution in [-0.4, -0.2) is 16.9 Å². The van der Waals surface area contributed by atoms with E-state index in [9.17, 15) is 9.59 Å². The van der Waals surface area contributed by atoms with Crippen molar-refractivity contribution in [2.24, 2.45) is 5.92 Å². The van der Waals surface area contributed by atoms with Crippen LogP contribution < -0.4 is 0 Å². The highest BCUT2D eigenvalue weighted by Crippen LogP contribution is 2.30. The summed E-state index contributed by atoms with van der Waals surface area (Å²) in [5.74, 6) is -1.24. The van der Waals surface area contributed by atoms with Gasteiger partial charge in [0.05, 0.1) is 6.42 Å². The standard InChI is InChI=1S/C14H16O3/c1-8-5-9(2)11-4-3-10(7-13(15)16)14(17)12(11)6-8/h5-6,10H,3-4,7H2,1-2H3,(H,15,16). The molecule has 1 N–H and O–H groups in total. The molecule has 0 saturated heterocycles. The van der Waals surface area contributed by atoms with Crippen LogP contribution in [0.15, 0.2) is 12.1 Å². The van der Waals surface area contributed by atoms with E-state index in [0.717, 1.165) is 28.7 Å². The third-order valence-electron chi connectivity index (χ3n) is 3.42. The first-order valence-electron chi connectivity index (χ1n) is 5.85. The van der Waals surface area contributed by atoms with E-state index in [-0.39, 0.29) is 18.1 Å². The lowest BCUT2D eigenvalue weighted by molar-refractivity contribution is -0.137. The number of aliphatic carboxylic acids is 1. The van der Waals surface area contributed by atoms with Crippen molar-refractivity contribution in [1.82, 2.24) is 0 Å². The molecule has 1 unspecified atom stereocenters. The number of hydrogen-bond acceptors (Lipinski definition) is 2. The van der Waals surface area contributed by atoms with Crippen LogP contribution in [0.4, 0.5) is 0 Å². The van der Waals surface area contributed by atoms with Crippen LogP contribution in [0.5, 0.6) is 0 Å². The minimum absolute atomic E-state index is 0.000417. The van der Waals surface area contributed by atoms with Gasteiger partial charge in [-0.2, -0.15) is 0 Å². The van der Waals surface area contributed by atoms with Crippen molar-refractivity contribution in [3.8, 4) is 0 Å². The van der Waals surface area contributed by atoms with Crippen LogP contribution in [0.25, 0.3) is 0 Å². The monoisotopic (exact) mass is 232 g/mol. The molecule has 1 aromatic carbocycles. The predicted octanol–water partition coefficient (Wildman–Crippen LogP) is 2.52. The second-order valence-electron chi connectivity index (χ2n) is 4.81.